The van der Waals surface area contributed by atoms with Crippen LogP contribution in [0, 0.1) is 0 Å². The van der Waals surface area contributed by atoms with Crippen LogP contribution in [0.1, 0.15) is 48.5 Å². The highest BCUT2D eigenvalue weighted by Gasteiger charge is 2.21. The van der Waals surface area contributed by atoms with Crippen molar-refractivity contribution in [3.63, 3.8) is 0 Å². The topological polar surface area (TPSA) is 41.1 Å². The lowest BCUT2D eigenvalue weighted by Crippen LogP contribution is -2.38. The van der Waals surface area contributed by atoms with Gasteiger partial charge in [-0.15, -0.1) is 0 Å². The zero-order chi connectivity index (χ0) is 16.1. The number of hydrogen-bond acceptors (Lipinski definition) is 2. The Labute approximate surface area is 138 Å². The summed E-state index contributed by atoms with van der Waals surface area (Å²) >= 11 is 0. The van der Waals surface area contributed by atoms with Gasteiger partial charge in [-0.1, -0.05) is 54.6 Å². The molecule has 0 saturated heterocycles. The Morgan fingerprint density at radius 2 is 1.87 bits per heavy atom. The van der Waals surface area contributed by atoms with Gasteiger partial charge in [0.15, 0.2) is 0 Å². The fourth-order valence-electron chi connectivity index (χ4n) is 3.25. The molecule has 2 aromatic carbocycles. The molecule has 0 radical (unpaired) electrons. The number of amides is 1. The quantitative estimate of drug-likeness (QED) is 0.887. The zero-order valence-corrected chi connectivity index (χ0v) is 13.6. The molecule has 3 rings (SSSR count). The summed E-state index contributed by atoms with van der Waals surface area (Å²) in [4.78, 5) is 12.3. The van der Waals surface area contributed by atoms with Crippen molar-refractivity contribution in [2.24, 2.45) is 0 Å². The van der Waals surface area contributed by atoms with Crippen LogP contribution >= 0.6 is 0 Å². The maximum absolute atomic E-state index is 12.3. The molecule has 23 heavy (non-hydrogen) atoms. The van der Waals surface area contributed by atoms with E-state index in [9.17, 15) is 4.79 Å². The van der Waals surface area contributed by atoms with Gasteiger partial charge in [-0.3, -0.25) is 4.79 Å². The van der Waals surface area contributed by atoms with E-state index in [1.807, 2.05) is 18.2 Å². The van der Waals surface area contributed by atoms with Gasteiger partial charge in [0.2, 0.25) is 5.91 Å². The molecule has 3 heteroatoms. The van der Waals surface area contributed by atoms with Crippen LogP contribution in [0.3, 0.4) is 0 Å². The first-order valence-electron chi connectivity index (χ1n) is 8.39. The van der Waals surface area contributed by atoms with Crippen LogP contribution in [-0.4, -0.2) is 12.5 Å². The van der Waals surface area contributed by atoms with E-state index in [0.29, 0.717) is 6.54 Å². The van der Waals surface area contributed by atoms with E-state index in [2.05, 4.69) is 54.0 Å². The summed E-state index contributed by atoms with van der Waals surface area (Å²) in [6, 6.07) is 19.0. The molecule has 0 fully saturated rings. The highest BCUT2D eigenvalue weighted by atomic mass is 16.2. The summed E-state index contributed by atoms with van der Waals surface area (Å²) in [7, 11) is 0. The Morgan fingerprint density at radius 1 is 1.13 bits per heavy atom. The van der Waals surface area contributed by atoms with Crippen LogP contribution in [0.15, 0.2) is 54.6 Å². The van der Waals surface area contributed by atoms with Gasteiger partial charge in [-0.05, 0) is 42.9 Å². The summed E-state index contributed by atoms with van der Waals surface area (Å²) < 4.78 is 0. The highest BCUT2D eigenvalue weighted by Crippen LogP contribution is 2.29. The second-order valence-corrected chi connectivity index (χ2v) is 6.22. The maximum atomic E-state index is 12.3. The van der Waals surface area contributed by atoms with Gasteiger partial charge in [-0.2, -0.15) is 0 Å². The lowest BCUT2D eigenvalue weighted by Gasteiger charge is -2.26. The molecule has 2 atom stereocenters. The number of nitrogens with one attached hydrogen (secondary N) is 2. The van der Waals surface area contributed by atoms with Crippen LogP contribution in [0.5, 0.6) is 0 Å². The molecule has 2 N–H and O–H groups in total. The molecule has 1 aliphatic rings. The van der Waals surface area contributed by atoms with E-state index < -0.39 is 0 Å². The van der Waals surface area contributed by atoms with Crippen molar-refractivity contribution in [1.29, 1.82) is 0 Å². The second-order valence-electron chi connectivity index (χ2n) is 6.22. The molecule has 0 unspecified atom stereocenters. The predicted molar refractivity (Wildman–Crippen MR) is 93.1 cm³/mol. The predicted octanol–water partition coefficient (Wildman–Crippen LogP) is 3.53. The van der Waals surface area contributed by atoms with Crippen molar-refractivity contribution in [2.45, 2.75) is 38.3 Å². The molecule has 0 spiro atoms. The number of aryl methyl sites for hydroxylation is 1. The van der Waals surface area contributed by atoms with Crippen LogP contribution in [0.25, 0.3) is 0 Å². The molecule has 1 amide bonds. The monoisotopic (exact) mass is 308 g/mol. The van der Waals surface area contributed by atoms with Crippen molar-refractivity contribution in [1.82, 2.24) is 10.6 Å². The number of rotatable bonds is 5. The summed E-state index contributed by atoms with van der Waals surface area (Å²) in [6.45, 7) is 2.42. The summed E-state index contributed by atoms with van der Waals surface area (Å²) in [5, 5.41) is 6.48. The van der Waals surface area contributed by atoms with E-state index in [1.165, 1.54) is 16.7 Å². The van der Waals surface area contributed by atoms with Gasteiger partial charge in [0.05, 0.1) is 12.6 Å². The first kappa shape index (κ1) is 15.8. The van der Waals surface area contributed by atoms with Crippen LogP contribution in [-0.2, 0) is 11.2 Å². The SMILES string of the molecule is C[C@@H](NCC(=O)N[C@@H]1CCCc2ccccc21)c1ccccc1. The minimum atomic E-state index is 0.0643. The molecule has 0 aromatic heterocycles. The number of carbonyl (C=O) groups excluding carboxylic acids is 1. The standard InChI is InChI=1S/C20H24N2O/c1-15(16-8-3-2-4-9-16)21-14-20(23)22-19-13-7-11-17-10-5-6-12-18(17)19/h2-6,8-10,12,15,19,21H,7,11,13-14H2,1H3,(H,22,23)/t15-,19-/m1/s1. The minimum Gasteiger partial charge on any atom is -0.348 e. The molecule has 0 saturated carbocycles. The van der Waals surface area contributed by atoms with Crippen molar-refractivity contribution in [2.75, 3.05) is 6.54 Å². The molecular formula is C20H24N2O. The lowest BCUT2D eigenvalue weighted by molar-refractivity contribution is -0.121. The van der Waals surface area contributed by atoms with Gasteiger partial charge in [0, 0.05) is 6.04 Å². The number of fused-ring (bicyclic) bond motifs is 1. The third-order valence-corrected chi connectivity index (χ3v) is 4.57. The Kier molecular flexibility index (Phi) is 5.09. The van der Waals surface area contributed by atoms with Crippen molar-refractivity contribution in [3.8, 4) is 0 Å². The van der Waals surface area contributed by atoms with E-state index >= 15 is 0 Å². The molecule has 3 nitrogen and oxygen atoms in total. The first-order chi connectivity index (χ1) is 11.2. The van der Waals surface area contributed by atoms with E-state index in [-0.39, 0.29) is 18.0 Å². The third-order valence-electron chi connectivity index (χ3n) is 4.57. The van der Waals surface area contributed by atoms with Crippen LogP contribution in [0.4, 0.5) is 0 Å². The Bertz CT molecular complexity index is 654. The van der Waals surface area contributed by atoms with Crippen molar-refractivity contribution >= 4 is 5.91 Å². The zero-order valence-electron chi connectivity index (χ0n) is 13.6. The molecule has 2 aromatic rings. The third kappa shape index (κ3) is 3.99. The largest absolute Gasteiger partial charge is 0.348 e. The Hall–Kier alpha value is -2.13. The normalized spacial score (nSPS) is 18.0. The number of carbonyl (C=O) groups is 1. The second kappa shape index (κ2) is 7.42. The summed E-state index contributed by atoms with van der Waals surface area (Å²) in [5.41, 5.74) is 3.85. The lowest BCUT2D eigenvalue weighted by atomic mass is 9.88. The average Bonchev–Trinajstić information content (AvgIpc) is 2.61. The molecule has 0 heterocycles. The average molecular weight is 308 g/mol. The first-order valence-corrected chi connectivity index (χ1v) is 8.39. The molecule has 120 valence electrons. The van der Waals surface area contributed by atoms with Gasteiger partial charge < -0.3 is 10.6 Å². The molecular weight excluding hydrogens is 284 g/mol. The fourth-order valence-corrected chi connectivity index (χ4v) is 3.25. The molecule has 1 aliphatic carbocycles. The molecule has 0 aliphatic heterocycles. The van der Waals surface area contributed by atoms with E-state index in [4.69, 9.17) is 0 Å². The summed E-state index contributed by atoms with van der Waals surface area (Å²) in [5.74, 6) is 0.0643. The number of benzene rings is 2. The van der Waals surface area contributed by atoms with Gasteiger partial charge >= 0.3 is 0 Å². The van der Waals surface area contributed by atoms with Gasteiger partial charge in [0.25, 0.3) is 0 Å². The maximum Gasteiger partial charge on any atom is 0.234 e. The van der Waals surface area contributed by atoms with Crippen LogP contribution in [0.2, 0.25) is 0 Å². The molecule has 0 bridgehead atoms. The van der Waals surface area contributed by atoms with E-state index in [1.54, 1.807) is 0 Å². The van der Waals surface area contributed by atoms with Crippen LogP contribution < -0.4 is 10.6 Å². The minimum absolute atomic E-state index is 0.0643. The highest BCUT2D eigenvalue weighted by molar-refractivity contribution is 5.78. The Morgan fingerprint density at radius 3 is 2.70 bits per heavy atom. The van der Waals surface area contributed by atoms with Gasteiger partial charge in [-0.25, -0.2) is 0 Å². The van der Waals surface area contributed by atoms with E-state index in [0.717, 1.165) is 19.3 Å². The summed E-state index contributed by atoms with van der Waals surface area (Å²) in [6.07, 6.45) is 3.28. The fraction of sp³-hybridized carbons (Fsp3) is 0.350. The number of hydrogen-bond donors (Lipinski definition) is 2. The van der Waals surface area contributed by atoms with Crippen molar-refractivity contribution < 1.29 is 4.79 Å². The van der Waals surface area contributed by atoms with Gasteiger partial charge in [0.1, 0.15) is 0 Å². The Balaban J connectivity index is 1.54. The van der Waals surface area contributed by atoms with Crippen molar-refractivity contribution in [3.05, 3.63) is 71.3 Å². The smallest absolute Gasteiger partial charge is 0.234 e.